The van der Waals surface area contributed by atoms with Crippen LogP contribution in [0.4, 0.5) is 5.69 Å². The Bertz CT molecular complexity index is 707. The number of anilines is 1. The lowest BCUT2D eigenvalue weighted by molar-refractivity contribution is -0.146. The Kier molecular flexibility index (Phi) is 3.01. The Morgan fingerprint density at radius 1 is 1.17 bits per heavy atom. The van der Waals surface area contributed by atoms with Gasteiger partial charge in [-0.15, -0.1) is 0 Å². The third-order valence-electron chi connectivity index (χ3n) is 5.79. The number of para-hydroxylation sites is 2. The van der Waals surface area contributed by atoms with Crippen molar-refractivity contribution in [3.05, 3.63) is 36.4 Å². The molecule has 3 aliphatic carbocycles. The van der Waals surface area contributed by atoms with E-state index in [0.717, 1.165) is 12.8 Å². The minimum atomic E-state index is -0.867. The van der Waals surface area contributed by atoms with E-state index in [1.165, 1.54) is 0 Å². The van der Waals surface area contributed by atoms with Crippen molar-refractivity contribution >= 4 is 17.6 Å². The summed E-state index contributed by atoms with van der Waals surface area (Å²) >= 11 is 0. The number of allylic oxidation sites excluding steroid dienone is 2. The third-order valence-corrected chi connectivity index (χ3v) is 5.79. The van der Waals surface area contributed by atoms with Crippen molar-refractivity contribution in [2.75, 3.05) is 12.4 Å². The van der Waals surface area contributed by atoms with Crippen LogP contribution in [0.1, 0.15) is 12.8 Å². The highest BCUT2D eigenvalue weighted by atomic mass is 16.5. The summed E-state index contributed by atoms with van der Waals surface area (Å²) in [5.74, 6) is -1.59. The smallest absolute Gasteiger partial charge is 0.307 e. The normalized spacial score (nSPS) is 32.0. The van der Waals surface area contributed by atoms with Gasteiger partial charge in [0.2, 0.25) is 5.91 Å². The fourth-order valence-electron chi connectivity index (χ4n) is 4.65. The van der Waals surface area contributed by atoms with Gasteiger partial charge in [-0.3, -0.25) is 9.59 Å². The first kappa shape index (κ1) is 14.3. The van der Waals surface area contributed by atoms with Gasteiger partial charge in [0.1, 0.15) is 5.75 Å². The lowest BCUT2D eigenvalue weighted by atomic mass is 9.82. The van der Waals surface area contributed by atoms with Gasteiger partial charge in [0, 0.05) is 0 Å². The summed E-state index contributed by atoms with van der Waals surface area (Å²) < 4.78 is 5.25. The van der Waals surface area contributed by atoms with Crippen LogP contribution in [0.15, 0.2) is 36.4 Å². The molecule has 2 saturated carbocycles. The largest absolute Gasteiger partial charge is 0.495 e. The molecule has 1 aromatic rings. The quantitative estimate of drug-likeness (QED) is 0.838. The van der Waals surface area contributed by atoms with E-state index in [1.807, 2.05) is 18.2 Å². The fraction of sp³-hybridized carbons (Fsp3) is 0.444. The molecule has 0 unspecified atom stereocenters. The Hall–Kier alpha value is -2.30. The van der Waals surface area contributed by atoms with Crippen LogP contribution in [0, 0.1) is 29.1 Å². The van der Waals surface area contributed by atoms with Crippen LogP contribution in [0.2, 0.25) is 0 Å². The second kappa shape index (κ2) is 4.85. The molecule has 120 valence electrons. The van der Waals surface area contributed by atoms with Crippen LogP contribution in [-0.4, -0.2) is 24.1 Å². The summed E-state index contributed by atoms with van der Waals surface area (Å²) in [6, 6.07) is 7.18. The Labute approximate surface area is 134 Å². The lowest BCUT2D eigenvalue weighted by Crippen LogP contribution is -2.36. The van der Waals surface area contributed by atoms with Crippen molar-refractivity contribution in [2.45, 2.75) is 12.8 Å². The highest BCUT2D eigenvalue weighted by Gasteiger charge is 2.70. The summed E-state index contributed by atoms with van der Waals surface area (Å²) in [4.78, 5) is 24.6. The number of hydrogen-bond acceptors (Lipinski definition) is 3. The van der Waals surface area contributed by atoms with Gasteiger partial charge in [-0.1, -0.05) is 24.3 Å². The van der Waals surface area contributed by atoms with E-state index in [9.17, 15) is 14.7 Å². The average molecular weight is 313 g/mol. The Morgan fingerprint density at radius 3 is 2.43 bits per heavy atom. The average Bonchev–Trinajstić information content (AvgIpc) is 3.21. The second-order valence-electron chi connectivity index (χ2n) is 6.75. The monoisotopic (exact) mass is 313 g/mol. The molecule has 0 saturated heterocycles. The molecular weight excluding hydrogens is 294 g/mol. The zero-order chi connectivity index (χ0) is 16.2. The maximum atomic E-state index is 12.8. The number of hydrogen-bond donors (Lipinski definition) is 2. The zero-order valence-corrected chi connectivity index (χ0v) is 12.9. The minimum absolute atomic E-state index is 0.00146. The molecule has 1 amide bonds. The van der Waals surface area contributed by atoms with Crippen LogP contribution >= 0.6 is 0 Å². The lowest BCUT2D eigenvalue weighted by Gasteiger charge is -2.24. The van der Waals surface area contributed by atoms with Crippen LogP contribution < -0.4 is 10.1 Å². The van der Waals surface area contributed by atoms with Crippen molar-refractivity contribution in [3.63, 3.8) is 0 Å². The van der Waals surface area contributed by atoms with Crippen molar-refractivity contribution < 1.29 is 19.4 Å². The topological polar surface area (TPSA) is 75.6 Å². The Morgan fingerprint density at radius 2 is 1.83 bits per heavy atom. The number of nitrogens with one attached hydrogen (secondary N) is 1. The summed E-state index contributed by atoms with van der Waals surface area (Å²) in [6.45, 7) is 0. The van der Waals surface area contributed by atoms with Crippen LogP contribution in [0.3, 0.4) is 0 Å². The number of carboxylic acids is 1. The van der Waals surface area contributed by atoms with Gasteiger partial charge in [-0.2, -0.15) is 0 Å². The first-order valence-electron chi connectivity index (χ1n) is 7.93. The van der Waals surface area contributed by atoms with Crippen LogP contribution in [0.5, 0.6) is 5.75 Å². The zero-order valence-electron chi connectivity index (χ0n) is 12.9. The number of methoxy groups -OCH3 is 1. The molecule has 3 aliphatic rings. The fourth-order valence-corrected chi connectivity index (χ4v) is 4.65. The van der Waals surface area contributed by atoms with Gasteiger partial charge >= 0.3 is 5.97 Å². The van der Waals surface area contributed by atoms with E-state index in [0.29, 0.717) is 11.4 Å². The molecule has 0 heterocycles. The maximum Gasteiger partial charge on any atom is 0.307 e. The first-order valence-corrected chi connectivity index (χ1v) is 7.93. The molecule has 2 fully saturated rings. The van der Waals surface area contributed by atoms with E-state index in [-0.39, 0.29) is 23.2 Å². The molecule has 2 bridgehead atoms. The molecule has 5 nitrogen and oxygen atoms in total. The van der Waals surface area contributed by atoms with Crippen molar-refractivity contribution in [3.8, 4) is 5.75 Å². The molecule has 5 heteroatoms. The first-order chi connectivity index (χ1) is 11.1. The number of carboxylic acid groups (broad SMARTS) is 1. The number of amides is 1. The van der Waals surface area contributed by atoms with Crippen molar-refractivity contribution in [1.29, 1.82) is 0 Å². The van der Waals surface area contributed by atoms with E-state index in [2.05, 4.69) is 11.4 Å². The number of carbonyl (C=O) groups is 2. The molecule has 23 heavy (non-hydrogen) atoms. The minimum Gasteiger partial charge on any atom is -0.495 e. The number of rotatable bonds is 4. The summed E-state index contributed by atoms with van der Waals surface area (Å²) in [7, 11) is 1.55. The molecule has 0 aromatic heterocycles. The second-order valence-corrected chi connectivity index (χ2v) is 6.75. The van der Waals surface area contributed by atoms with E-state index >= 15 is 0 Å². The third kappa shape index (κ3) is 1.92. The molecule has 1 spiro atoms. The van der Waals surface area contributed by atoms with Gasteiger partial charge < -0.3 is 15.2 Å². The highest BCUT2D eigenvalue weighted by Crippen LogP contribution is 2.72. The van der Waals surface area contributed by atoms with Gasteiger partial charge in [0.25, 0.3) is 0 Å². The molecule has 2 N–H and O–H groups in total. The number of carbonyl (C=O) groups excluding carboxylic acids is 1. The van der Waals surface area contributed by atoms with E-state index < -0.39 is 17.8 Å². The highest BCUT2D eigenvalue weighted by molar-refractivity contribution is 5.97. The Balaban J connectivity index is 1.63. The van der Waals surface area contributed by atoms with Crippen molar-refractivity contribution in [2.24, 2.45) is 29.1 Å². The summed E-state index contributed by atoms with van der Waals surface area (Å²) in [6.07, 6.45) is 6.13. The van der Waals surface area contributed by atoms with Gasteiger partial charge in [-0.05, 0) is 42.2 Å². The van der Waals surface area contributed by atoms with Crippen LogP contribution in [-0.2, 0) is 9.59 Å². The summed E-state index contributed by atoms with van der Waals surface area (Å²) in [5.41, 5.74) is 0.618. The molecule has 0 radical (unpaired) electrons. The summed E-state index contributed by atoms with van der Waals surface area (Å²) in [5, 5.41) is 12.5. The SMILES string of the molecule is COc1ccccc1NC(=O)[C@@H]1[C@@H](C(=O)O)[C@@H]2C=C[C@@H]1C21CC1. The van der Waals surface area contributed by atoms with Crippen LogP contribution in [0.25, 0.3) is 0 Å². The molecule has 4 atom stereocenters. The van der Waals surface area contributed by atoms with Gasteiger partial charge in [0.05, 0.1) is 24.6 Å². The predicted molar refractivity (Wildman–Crippen MR) is 84.0 cm³/mol. The van der Waals surface area contributed by atoms with E-state index in [1.54, 1.807) is 19.2 Å². The molecule has 4 rings (SSSR count). The molecular formula is C18H19NO4. The van der Waals surface area contributed by atoms with Gasteiger partial charge in [-0.25, -0.2) is 0 Å². The number of ether oxygens (including phenoxy) is 1. The molecule has 1 aromatic carbocycles. The van der Waals surface area contributed by atoms with E-state index in [4.69, 9.17) is 4.74 Å². The number of benzene rings is 1. The van der Waals surface area contributed by atoms with Gasteiger partial charge in [0.15, 0.2) is 0 Å². The number of aliphatic carboxylic acids is 1. The standard InChI is InChI=1S/C18H19NO4/c1-23-13-5-3-2-4-12(13)19-16(20)14-10-6-7-11(15(14)17(21)22)18(10)8-9-18/h2-7,10-11,14-15H,8-9H2,1H3,(H,19,20)(H,21,22)/t10-,11-,14-,15-/m0/s1. The maximum absolute atomic E-state index is 12.8. The van der Waals surface area contributed by atoms with Crippen molar-refractivity contribution in [1.82, 2.24) is 0 Å². The molecule has 0 aliphatic heterocycles. The predicted octanol–water partition coefficient (Wildman–Crippen LogP) is 2.55.